The number of rotatable bonds is 3. The molecule has 0 fully saturated rings. The molecule has 2 N–H and O–H groups in total. The fourth-order valence-corrected chi connectivity index (χ4v) is 4.38. The van der Waals surface area contributed by atoms with E-state index in [2.05, 4.69) is 19.9 Å². The van der Waals surface area contributed by atoms with Crippen LogP contribution in [0, 0.1) is 18.6 Å². The zero-order valence-electron chi connectivity index (χ0n) is 18.1. The van der Waals surface area contributed by atoms with Crippen LogP contribution in [0.5, 0.6) is 0 Å². The molecule has 1 aromatic carbocycles. The van der Waals surface area contributed by atoms with Crippen LogP contribution in [0.4, 0.5) is 20.5 Å². The second kappa shape index (κ2) is 7.51. The van der Waals surface area contributed by atoms with E-state index in [1.165, 1.54) is 6.07 Å². The van der Waals surface area contributed by atoms with Gasteiger partial charge in [-0.1, -0.05) is 6.07 Å². The van der Waals surface area contributed by atoms with Crippen LogP contribution in [0.3, 0.4) is 0 Å². The largest absolute Gasteiger partial charge is 0.384 e. The van der Waals surface area contributed by atoms with E-state index in [0.29, 0.717) is 53.7 Å². The Morgan fingerprint density at radius 1 is 1.06 bits per heavy atom. The monoisotopic (exact) mass is 435 g/mol. The first kappa shape index (κ1) is 20.3. The standard InChI is InChI=1S/C23H23F2N7/c1-12(2)32-13(3)28-19-9-15(8-16(24)22(19)32)21-17(25)10-27-23(30-21)31-7-6-18-14(11-31)4-5-20(26)29-18/h4-5,8-10,12H,6-7,11H2,1-3H3,(H2,26,29). The van der Waals surface area contributed by atoms with Gasteiger partial charge in [-0.15, -0.1) is 0 Å². The molecule has 9 heteroatoms. The summed E-state index contributed by atoms with van der Waals surface area (Å²) in [5.41, 5.74) is 9.03. The Hall–Kier alpha value is -3.62. The minimum atomic E-state index is -0.612. The van der Waals surface area contributed by atoms with Gasteiger partial charge in [-0.2, -0.15) is 0 Å². The number of nitrogen functional groups attached to an aromatic ring is 1. The van der Waals surface area contributed by atoms with Crippen LogP contribution < -0.4 is 10.6 Å². The molecule has 164 valence electrons. The average molecular weight is 435 g/mol. The number of aromatic nitrogens is 5. The molecule has 0 amide bonds. The van der Waals surface area contributed by atoms with Crippen molar-refractivity contribution in [3.05, 3.63) is 59.2 Å². The molecular formula is C23H23F2N7. The number of imidazole rings is 1. The van der Waals surface area contributed by atoms with Gasteiger partial charge in [0.25, 0.3) is 0 Å². The van der Waals surface area contributed by atoms with E-state index in [0.717, 1.165) is 17.5 Å². The predicted molar refractivity (Wildman–Crippen MR) is 119 cm³/mol. The summed E-state index contributed by atoms with van der Waals surface area (Å²) >= 11 is 0. The Morgan fingerprint density at radius 2 is 1.88 bits per heavy atom. The summed E-state index contributed by atoms with van der Waals surface area (Å²) in [6.07, 6.45) is 1.82. The molecule has 7 nitrogen and oxygen atoms in total. The zero-order valence-corrected chi connectivity index (χ0v) is 18.1. The average Bonchev–Trinajstić information content (AvgIpc) is 3.10. The van der Waals surface area contributed by atoms with Gasteiger partial charge in [0.2, 0.25) is 5.95 Å². The third-order valence-corrected chi connectivity index (χ3v) is 5.79. The highest BCUT2D eigenvalue weighted by molar-refractivity contribution is 5.83. The Labute approximate surface area is 184 Å². The summed E-state index contributed by atoms with van der Waals surface area (Å²) in [5, 5.41) is 0. The van der Waals surface area contributed by atoms with Crippen LogP contribution in [0.2, 0.25) is 0 Å². The molecular weight excluding hydrogens is 412 g/mol. The van der Waals surface area contributed by atoms with Crippen LogP contribution in [0.15, 0.2) is 30.5 Å². The predicted octanol–water partition coefficient (Wildman–Crippen LogP) is 4.20. The van der Waals surface area contributed by atoms with Crippen LogP contribution in [-0.2, 0) is 13.0 Å². The van der Waals surface area contributed by atoms with Gasteiger partial charge in [0.05, 0.1) is 11.7 Å². The second-order valence-corrected chi connectivity index (χ2v) is 8.33. The maximum absolute atomic E-state index is 15.1. The first-order valence-electron chi connectivity index (χ1n) is 10.5. The molecule has 0 atom stereocenters. The molecule has 0 unspecified atom stereocenters. The summed E-state index contributed by atoms with van der Waals surface area (Å²) in [5.74, 6) is 0.510. The van der Waals surface area contributed by atoms with E-state index in [4.69, 9.17) is 5.73 Å². The molecule has 0 radical (unpaired) electrons. The number of fused-ring (bicyclic) bond motifs is 2. The number of nitrogens with zero attached hydrogens (tertiary/aromatic N) is 6. The van der Waals surface area contributed by atoms with Gasteiger partial charge in [-0.3, -0.25) is 0 Å². The van der Waals surface area contributed by atoms with E-state index in [1.807, 2.05) is 36.3 Å². The summed E-state index contributed by atoms with van der Waals surface area (Å²) in [6, 6.07) is 6.74. The molecule has 4 heterocycles. The van der Waals surface area contributed by atoms with Gasteiger partial charge >= 0.3 is 0 Å². The molecule has 1 aliphatic rings. The quantitative estimate of drug-likeness (QED) is 0.519. The van der Waals surface area contributed by atoms with Gasteiger partial charge in [0, 0.05) is 36.8 Å². The Balaban J connectivity index is 1.55. The molecule has 0 saturated carbocycles. The highest BCUT2D eigenvalue weighted by atomic mass is 19.1. The number of hydrogen-bond acceptors (Lipinski definition) is 6. The van der Waals surface area contributed by atoms with Crippen molar-refractivity contribution in [2.45, 2.75) is 39.8 Å². The van der Waals surface area contributed by atoms with Crippen molar-refractivity contribution in [1.29, 1.82) is 0 Å². The maximum atomic E-state index is 15.1. The van der Waals surface area contributed by atoms with Gasteiger partial charge in [-0.05, 0) is 44.5 Å². The van der Waals surface area contributed by atoms with Crippen molar-refractivity contribution in [1.82, 2.24) is 24.5 Å². The summed E-state index contributed by atoms with van der Waals surface area (Å²) in [7, 11) is 0. The zero-order chi connectivity index (χ0) is 22.6. The second-order valence-electron chi connectivity index (χ2n) is 8.33. The Kier molecular flexibility index (Phi) is 4.76. The Bertz CT molecular complexity index is 1350. The summed E-state index contributed by atoms with van der Waals surface area (Å²) in [4.78, 5) is 19.5. The number of benzene rings is 1. The van der Waals surface area contributed by atoms with Crippen LogP contribution in [0.25, 0.3) is 22.3 Å². The molecule has 4 aromatic rings. The Morgan fingerprint density at radius 3 is 2.66 bits per heavy atom. The smallest absolute Gasteiger partial charge is 0.226 e. The summed E-state index contributed by atoms with van der Waals surface area (Å²) in [6.45, 7) is 6.94. The van der Waals surface area contributed by atoms with Crippen molar-refractivity contribution >= 4 is 22.8 Å². The minimum Gasteiger partial charge on any atom is -0.384 e. The molecule has 32 heavy (non-hydrogen) atoms. The van der Waals surface area contributed by atoms with E-state index >= 15 is 4.39 Å². The molecule has 0 spiro atoms. The number of anilines is 2. The first-order valence-corrected chi connectivity index (χ1v) is 10.5. The fraction of sp³-hybridized carbons (Fsp3) is 0.304. The van der Waals surface area contributed by atoms with Crippen molar-refractivity contribution in [2.24, 2.45) is 0 Å². The number of pyridine rings is 1. The number of halogens is 2. The van der Waals surface area contributed by atoms with Gasteiger partial charge in [0.15, 0.2) is 5.82 Å². The van der Waals surface area contributed by atoms with Crippen molar-refractivity contribution < 1.29 is 8.78 Å². The molecule has 1 aliphatic heterocycles. The molecule has 3 aromatic heterocycles. The topological polar surface area (TPSA) is 85.8 Å². The van der Waals surface area contributed by atoms with Gasteiger partial charge < -0.3 is 15.2 Å². The molecule has 0 aliphatic carbocycles. The van der Waals surface area contributed by atoms with Crippen LogP contribution >= 0.6 is 0 Å². The lowest BCUT2D eigenvalue weighted by Gasteiger charge is -2.28. The number of hydrogen-bond donors (Lipinski definition) is 1. The van der Waals surface area contributed by atoms with Crippen molar-refractivity contribution in [2.75, 3.05) is 17.2 Å². The van der Waals surface area contributed by atoms with Gasteiger partial charge in [-0.25, -0.2) is 28.7 Å². The van der Waals surface area contributed by atoms with E-state index in [-0.39, 0.29) is 11.7 Å². The molecule has 0 saturated heterocycles. The lowest BCUT2D eigenvalue weighted by atomic mass is 10.1. The van der Waals surface area contributed by atoms with Crippen molar-refractivity contribution in [3.8, 4) is 11.3 Å². The first-order chi connectivity index (χ1) is 15.3. The van der Waals surface area contributed by atoms with Crippen molar-refractivity contribution in [3.63, 3.8) is 0 Å². The van der Waals surface area contributed by atoms with Gasteiger partial charge in [0.1, 0.15) is 28.7 Å². The fourth-order valence-electron chi connectivity index (χ4n) is 4.38. The third kappa shape index (κ3) is 3.34. The lowest BCUT2D eigenvalue weighted by molar-refractivity contribution is 0.574. The minimum absolute atomic E-state index is 0.0498. The molecule has 0 bridgehead atoms. The lowest BCUT2D eigenvalue weighted by Crippen LogP contribution is -2.32. The SMILES string of the molecule is Cc1nc2cc(-c3nc(N4CCc5nc(N)ccc5C4)ncc3F)cc(F)c2n1C(C)C. The highest BCUT2D eigenvalue weighted by Gasteiger charge is 2.23. The number of nitrogens with two attached hydrogens (primary N) is 1. The number of aryl methyl sites for hydroxylation is 1. The molecule has 5 rings (SSSR count). The third-order valence-electron chi connectivity index (χ3n) is 5.79. The maximum Gasteiger partial charge on any atom is 0.226 e. The van der Waals surface area contributed by atoms with Crippen LogP contribution in [-0.4, -0.2) is 31.0 Å². The van der Waals surface area contributed by atoms with E-state index < -0.39 is 11.6 Å². The van der Waals surface area contributed by atoms with Crippen LogP contribution in [0.1, 0.15) is 37.0 Å². The highest BCUT2D eigenvalue weighted by Crippen LogP contribution is 2.31. The normalized spacial score (nSPS) is 13.8. The van der Waals surface area contributed by atoms with E-state index in [1.54, 1.807) is 12.1 Å². The van der Waals surface area contributed by atoms with E-state index in [9.17, 15) is 4.39 Å². The summed E-state index contributed by atoms with van der Waals surface area (Å²) < 4.78 is 31.7.